The second-order valence-corrected chi connectivity index (χ2v) is 4.95. The van der Waals surface area contributed by atoms with Crippen LogP contribution in [-0.2, 0) is 4.79 Å². The molecule has 23 heavy (non-hydrogen) atoms. The van der Waals surface area contributed by atoms with E-state index >= 15 is 0 Å². The van der Waals surface area contributed by atoms with Crippen molar-refractivity contribution in [2.75, 3.05) is 18.5 Å². The summed E-state index contributed by atoms with van der Waals surface area (Å²) in [6, 6.07) is 13.7. The van der Waals surface area contributed by atoms with Crippen LogP contribution in [0.1, 0.15) is 12.5 Å². The van der Waals surface area contributed by atoms with E-state index in [4.69, 9.17) is 26.3 Å². The first-order valence-corrected chi connectivity index (χ1v) is 7.36. The summed E-state index contributed by atoms with van der Waals surface area (Å²) in [5, 5.41) is 12.1. The van der Waals surface area contributed by atoms with Crippen molar-refractivity contribution in [1.82, 2.24) is 0 Å². The van der Waals surface area contributed by atoms with Crippen molar-refractivity contribution < 1.29 is 14.3 Å². The number of nitrogens with one attached hydrogen (secondary N) is 1. The number of ether oxygens (including phenoxy) is 2. The van der Waals surface area contributed by atoms with E-state index in [1.165, 1.54) is 6.07 Å². The number of anilines is 1. The highest BCUT2D eigenvalue weighted by molar-refractivity contribution is 6.31. The molecule has 2 aromatic carbocycles. The lowest BCUT2D eigenvalue weighted by Crippen LogP contribution is -2.21. The van der Waals surface area contributed by atoms with E-state index in [1.54, 1.807) is 30.3 Å². The molecule has 0 spiro atoms. The second-order valence-electron chi connectivity index (χ2n) is 4.52. The molecule has 0 unspecified atom stereocenters. The Morgan fingerprint density at radius 2 is 1.91 bits per heavy atom. The Balaban J connectivity index is 2.01. The Hall–Kier alpha value is -2.71. The molecule has 0 radical (unpaired) electrons. The minimum Gasteiger partial charge on any atom is -0.490 e. The zero-order valence-electron chi connectivity index (χ0n) is 12.5. The van der Waals surface area contributed by atoms with Crippen LogP contribution < -0.4 is 14.8 Å². The number of nitrogens with zero attached hydrogens (tertiary/aromatic N) is 1. The standard InChI is InChI=1S/C17H15ClN2O3/c1-2-22-15-5-3-4-6-16(15)23-11-17(21)20-14-9-13(18)8-7-12(14)10-19/h3-9H,2,11H2,1H3,(H,20,21). The van der Waals surface area contributed by atoms with Crippen molar-refractivity contribution in [3.05, 3.63) is 53.1 Å². The summed E-state index contributed by atoms with van der Waals surface area (Å²) in [6.45, 7) is 2.16. The van der Waals surface area contributed by atoms with Crippen LogP contribution >= 0.6 is 11.6 Å². The maximum absolute atomic E-state index is 12.0. The highest BCUT2D eigenvalue weighted by Crippen LogP contribution is 2.26. The molecule has 0 heterocycles. The number of carbonyl (C=O) groups excluding carboxylic acids is 1. The van der Waals surface area contributed by atoms with Crippen molar-refractivity contribution >= 4 is 23.2 Å². The molecule has 2 rings (SSSR count). The fraction of sp³-hybridized carbons (Fsp3) is 0.176. The topological polar surface area (TPSA) is 71.3 Å². The van der Waals surface area contributed by atoms with Gasteiger partial charge < -0.3 is 14.8 Å². The van der Waals surface area contributed by atoms with Crippen LogP contribution in [0.3, 0.4) is 0 Å². The van der Waals surface area contributed by atoms with Gasteiger partial charge in [0.25, 0.3) is 5.91 Å². The van der Waals surface area contributed by atoms with Crippen molar-refractivity contribution in [2.24, 2.45) is 0 Å². The average molecular weight is 331 g/mol. The highest BCUT2D eigenvalue weighted by Gasteiger charge is 2.10. The van der Waals surface area contributed by atoms with E-state index in [2.05, 4.69) is 5.32 Å². The molecule has 1 N–H and O–H groups in total. The number of nitriles is 1. The zero-order chi connectivity index (χ0) is 16.7. The van der Waals surface area contributed by atoms with Gasteiger partial charge >= 0.3 is 0 Å². The molecule has 0 aliphatic heterocycles. The molecule has 0 aromatic heterocycles. The molecule has 1 amide bonds. The molecular formula is C17H15ClN2O3. The van der Waals surface area contributed by atoms with Gasteiger partial charge in [0.15, 0.2) is 18.1 Å². The summed E-state index contributed by atoms with van der Waals surface area (Å²) in [5.41, 5.74) is 0.684. The third-order valence-electron chi connectivity index (χ3n) is 2.88. The summed E-state index contributed by atoms with van der Waals surface area (Å²) < 4.78 is 10.9. The molecular weight excluding hydrogens is 316 g/mol. The molecule has 0 saturated heterocycles. The monoisotopic (exact) mass is 330 g/mol. The number of amides is 1. The molecule has 0 aliphatic carbocycles. The number of para-hydroxylation sites is 2. The van der Waals surface area contributed by atoms with Gasteiger partial charge in [-0.3, -0.25) is 4.79 Å². The van der Waals surface area contributed by atoms with Crippen molar-refractivity contribution in [2.45, 2.75) is 6.92 Å². The van der Waals surface area contributed by atoms with E-state index in [9.17, 15) is 4.79 Å². The Kier molecular flexibility index (Phi) is 5.84. The van der Waals surface area contributed by atoms with Crippen molar-refractivity contribution in [3.63, 3.8) is 0 Å². The predicted molar refractivity (Wildman–Crippen MR) is 87.9 cm³/mol. The maximum Gasteiger partial charge on any atom is 0.262 e. The summed E-state index contributed by atoms with van der Waals surface area (Å²) in [7, 11) is 0. The van der Waals surface area contributed by atoms with Gasteiger partial charge in [0.2, 0.25) is 0 Å². The van der Waals surface area contributed by atoms with Crippen LogP contribution in [0.2, 0.25) is 5.02 Å². The Bertz CT molecular complexity index is 741. The number of hydrogen-bond donors (Lipinski definition) is 1. The van der Waals surface area contributed by atoms with Crippen LogP contribution in [0.15, 0.2) is 42.5 Å². The number of halogens is 1. The molecule has 0 aliphatic rings. The smallest absolute Gasteiger partial charge is 0.262 e. The average Bonchev–Trinajstić information content (AvgIpc) is 2.54. The maximum atomic E-state index is 12.0. The van der Waals surface area contributed by atoms with Crippen LogP contribution in [0, 0.1) is 11.3 Å². The minimum atomic E-state index is -0.393. The zero-order valence-corrected chi connectivity index (χ0v) is 13.3. The van der Waals surface area contributed by atoms with E-state index in [1.807, 2.05) is 19.1 Å². The van der Waals surface area contributed by atoms with Crippen LogP contribution in [0.5, 0.6) is 11.5 Å². The van der Waals surface area contributed by atoms with Crippen molar-refractivity contribution in [3.8, 4) is 17.6 Å². The first kappa shape index (κ1) is 16.7. The molecule has 0 atom stereocenters. The van der Waals surface area contributed by atoms with Gasteiger partial charge in [0.1, 0.15) is 6.07 Å². The van der Waals surface area contributed by atoms with Gasteiger partial charge in [-0.15, -0.1) is 0 Å². The summed E-state index contributed by atoms with van der Waals surface area (Å²) in [6.07, 6.45) is 0. The Morgan fingerprint density at radius 1 is 1.22 bits per heavy atom. The van der Waals surface area contributed by atoms with Gasteiger partial charge in [-0.25, -0.2) is 0 Å². The molecule has 118 valence electrons. The lowest BCUT2D eigenvalue weighted by atomic mass is 10.2. The third kappa shape index (κ3) is 4.63. The number of benzene rings is 2. The fourth-order valence-corrected chi connectivity index (χ4v) is 2.06. The largest absolute Gasteiger partial charge is 0.490 e. The second kappa shape index (κ2) is 8.06. The Labute approximate surface area is 139 Å². The number of rotatable bonds is 6. The minimum absolute atomic E-state index is 0.207. The van der Waals surface area contributed by atoms with Crippen LogP contribution in [0.25, 0.3) is 0 Å². The van der Waals surface area contributed by atoms with Crippen molar-refractivity contribution in [1.29, 1.82) is 5.26 Å². The summed E-state index contributed by atoms with van der Waals surface area (Å²) in [4.78, 5) is 12.0. The quantitative estimate of drug-likeness (QED) is 0.878. The highest BCUT2D eigenvalue weighted by atomic mass is 35.5. The van der Waals surface area contributed by atoms with Gasteiger partial charge in [-0.2, -0.15) is 5.26 Å². The molecule has 0 fully saturated rings. The Morgan fingerprint density at radius 3 is 2.57 bits per heavy atom. The van der Waals surface area contributed by atoms with E-state index < -0.39 is 5.91 Å². The molecule has 2 aromatic rings. The number of hydrogen-bond acceptors (Lipinski definition) is 4. The first-order valence-electron chi connectivity index (χ1n) is 6.98. The normalized spacial score (nSPS) is 9.78. The molecule has 0 saturated carbocycles. The number of carbonyl (C=O) groups is 1. The third-order valence-corrected chi connectivity index (χ3v) is 3.12. The van der Waals surface area contributed by atoms with Crippen LogP contribution in [-0.4, -0.2) is 19.1 Å². The first-order chi connectivity index (χ1) is 11.1. The van der Waals surface area contributed by atoms with Crippen LogP contribution in [0.4, 0.5) is 5.69 Å². The lowest BCUT2D eigenvalue weighted by Gasteiger charge is -2.12. The fourth-order valence-electron chi connectivity index (χ4n) is 1.89. The summed E-state index contributed by atoms with van der Waals surface area (Å²) >= 11 is 5.88. The molecule has 6 heteroatoms. The van der Waals surface area contributed by atoms with Gasteiger partial charge in [-0.1, -0.05) is 23.7 Å². The van der Waals surface area contributed by atoms with Gasteiger partial charge in [0, 0.05) is 5.02 Å². The van der Waals surface area contributed by atoms with E-state index in [0.717, 1.165) is 0 Å². The van der Waals surface area contributed by atoms with Gasteiger partial charge in [-0.05, 0) is 37.3 Å². The molecule has 5 nitrogen and oxygen atoms in total. The van der Waals surface area contributed by atoms with E-state index in [-0.39, 0.29) is 6.61 Å². The van der Waals surface area contributed by atoms with Gasteiger partial charge in [0.05, 0.1) is 17.9 Å². The SMILES string of the molecule is CCOc1ccccc1OCC(=O)Nc1cc(Cl)ccc1C#N. The predicted octanol–water partition coefficient (Wildman–Crippen LogP) is 3.63. The lowest BCUT2D eigenvalue weighted by molar-refractivity contribution is -0.118. The van der Waals surface area contributed by atoms with E-state index in [0.29, 0.717) is 34.4 Å². The summed E-state index contributed by atoms with van der Waals surface area (Å²) in [5.74, 6) is 0.662. The molecule has 0 bridgehead atoms.